The van der Waals surface area contributed by atoms with Crippen molar-refractivity contribution in [2.45, 2.75) is 19.0 Å². The minimum Gasteiger partial charge on any atom is -0.338 e. The van der Waals surface area contributed by atoms with Crippen molar-refractivity contribution in [3.05, 3.63) is 65.5 Å². The average Bonchev–Trinajstić information content (AvgIpc) is 2.85. The monoisotopic (exact) mass is 428 g/mol. The van der Waals surface area contributed by atoms with Gasteiger partial charge in [-0.15, -0.1) is 0 Å². The van der Waals surface area contributed by atoms with Crippen molar-refractivity contribution in [3.8, 4) is 0 Å². The van der Waals surface area contributed by atoms with E-state index in [1.807, 2.05) is 12.3 Å². The van der Waals surface area contributed by atoms with Gasteiger partial charge in [0, 0.05) is 24.7 Å². The van der Waals surface area contributed by atoms with Crippen LogP contribution >= 0.6 is 11.8 Å². The van der Waals surface area contributed by atoms with E-state index in [-0.39, 0.29) is 5.56 Å². The Morgan fingerprint density at radius 3 is 2.57 bits per heavy atom. The molecule has 0 saturated carbocycles. The summed E-state index contributed by atoms with van der Waals surface area (Å²) in [5.74, 6) is 0.190. The minimum absolute atomic E-state index is 0.275. The van der Waals surface area contributed by atoms with Gasteiger partial charge in [0.1, 0.15) is 5.82 Å². The predicted octanol–water partition coefficient (Wildman–Crippen LogP) is 3.41. The first-order chi connectivity index (χ1) is 14.5. The molecule has 1 heterocycles. The molecule has 0 aromatic heterocycles. The van der Waals surface area contributed by atoms with E-state index in [2.05, 4.69) is 15.6 Å². The van der Waals surface area contributed by atoms with Crippen LogP contribution < -0.4 is 15.5 Å². The molecule has 2 aromatic carbocycles. The number of urea groups is 1. The third kappa shape index (κ3) is 4.99. The maximum atomic E-state index is 14.6. The first-order valence-corrected chi connectivity index (χ1v) is 11.1. The van der Waals surface area contributed by atoms with Crippen LogP contribution in [0.5, 0.6) is 0 Å². The van der Waals surface area contributed by atoms with E-state index in [9.17, 15) is 14.0 Å². The van der Waals surface area contributed by atoms with E-state index in [1.165, 1.54) is 11.0 Å². The molecule has 3 rings (SSSR count). The molecule has 0 bridgehead atoms. The highest BCUT2D eigenvalue weighted by molar-refractivity contribution is 7.98. The van der Waals surface area contributed by atoms with Crippen molar-refractivity contribution in [1.29, 1.82) is 0 Å². The molecule has 0 radical (unpaired) electrons. The Labute approximate surface area is 179 Å². The predicted molar refractivity (Wildman–Crippen MR) is 120 cm³/mol. The van der Waals surface area contributed by atoms with E-state index in [4.69, 9.17) is 0 Å². The number of amides is 3. The summed E-state index contributed by atoms with van der Waals surface area (Å²) >= 11 is 1.76. The normalized spacial score (nSPS) is 15.8. The number of thioether (sulfide) groups is 1. The number of rotatable bonds is 7. The van der Waals surface area contributed by atoms with Gasteiger partial charge in [0.25, 0.3) is 5.91 Å². The van der Waals surface area contributed by atoms with E-state index in [0.717, 1.165) is 18.6 Å². The van der Waals surface area contributed by atoms with Crippen molar-refractivity contribution in [3.63, 3.8) is 0 Å². The number of benzodiazepines with no additional fused rings is 1. The SMILES string of the molecule is CSCCCCNC(=O)NC1N=C(c2ccccc2F)c2ccccc2N(C)C1=O. The number of hydrogen-bond acceptors (Lipinski definition) is 4. The molecule has 3 amide bonds. The Bertz CT molecular complexity index is 950. The Morgan fingerprint density at radius 2 is 1.83 bits per heavy atom. The Kier molecular flexibility index (Phi) is 7.46. The first-order valence-electron chi connectivity index (χ1n) is 9.76. The first kappa shape index (κ1) is 21.8. The second kappa shape index (κ2) is 10.2. The van der Waals surface area contributed by atoms with Gasteiger partial charge in [0.2, 0.25) is 6.17 Å². The number of anilines is 1. The van der Waals surface area contributed by atoms with Crippen LogP contribution in [0.3, 0.4) is 0 Å². The minimum atomic E-state index is -1.16. The van der Waals surface area contributed by atoms with Gasteiger partial charge in [0.05, 0.1) is 11.4 Å². The lowest BCUT2D eigenvalue weighted by molar-refractivity contribution is -0.119. The molecule has 0 aliphatic carbocycles. The van der Waals surface area contributed by atoms with E-state index in [1.54, 1.807) is 55.2 Å². The summed E-state index contributed by atoms with van der Waals surface area (Å²) in [4.78, 5) is 31.3. The topological polar surface area (TPSA) is 73.8 Å². The number of likely N-dealkylation sites (N-methyl/N-ethyl adjacent to an activating group) is 1. The lowest BCUT2D eigenvalue weighted by Gasteiger charge is -2.21. The maximum Gasteiger partial charge on any atom is 0.316 e. The van der Waals surface area contributed by atoms with Gasteiger partial charge in [-0.3, -0.25) is 4.79 Å². The fourth-order valence-electron chi connectivity index (χ4n) is 3.23. The summed E-state index contributed by atoms with van der Waals surface area (Å²) in [5, 5.41) is 5.39. The van der Waals surface area contributed by atoms with Crippen molar-refractivity contribution in [2.75, 3.05) is 30.5 Å². The zero-order valence-corrected chi connectivity index (χ0v) is 17.8. The van der Waals surface area contributed by atoms with Gasteiger partial charge in [-0.05, 0) is 43.0 Å². The second-order valence-electron chi connectivity index (χ2n) is 6.87. The number of halogens is 1. The van der Waals surface area contributed by atoms with Crippen molar-refractivity contribution >= 4 is 35.1 Å². The molecule has 0 saturated heterocycles. The molecule has 1 unspecified atom stereocenters. The third-order valence-corrected chi connectivity index (χ3v) is 5.50. The number of fused-ring (bicyclic) bond motifs is 1. The summed E-state index contributed by atoms with van der Waals surface area (Å²) < 4.78 is 14.6. The van der Waals surface area contributed by atoms with Crippen LogP contribution in [0.2, 0.25) is 0 Å². The van der Waals surface area contributed by atoms with Gasteiger partial charge < -0.3 is 15.5 Å². The Balaban J connectivity index is 1.89. The molecule has 1 aliphatic rings. The second-order valence-corrected chi connectivity index (χ2v) is 7.86. The quantitative estimate of drug-likeness (QED) is 0.664. The highest BCUT2D eigenvalue weighted by Crippen LogP contribution is 2.27. The lowest BCUT2D eigenvalue weighted by Crippen LogP contribution is -2.49. The number of unbranched alkanes of at least 4 members (excludes halogenated alkanes) is 1. The summed E-state index contributed by atoms with van der Waals surface area (Å²) in [6, 6.07) is 13.0. The summed E-state index contributed by atoms with van der Waals surface area (Å²) in [6.07, 6.45) is 2.72. The van der Waals surface area contributed by atoms with Gasteiger partial charge in [-0.1, -0.05) is 30.3 Å². The highest BCUT2D eigenvalue weighted by atomic mass is 32.2. The number of aliphatic imine (C=N–C) groups is 1. The number of nitrogens with zero attached hydrogens (tertiary/aromatic N) is 2. The van der Waals surface area contributed by atoms with Gasteiger partial charge >= 0.3 is 6.03 Å². The van der Waals surface area contributed by atoms with Crippen LogP contribution in [-0.4, -0.2) is 49.4 Å². The molecule has 6 nitrogen and oxygen atoms in total. The van der Waals surface area contributed by atoms with Crippen molar-refractivity contribution in [2.24, 2.45) is 4.99 Å². The molecular formula is C22H25FN4O2S. The van der Waals surface area contributed by atoms with Crippen LogP contribution in [0.4, 0.5) is 14.9 Å². The van der Waals surface area contributed by atoms with E-state index >= 15 is 0 Å². The molecule has 158 valence electrons. The fourth-order valence-corrected chi connectivity index (χ4v) is 3.73. The van der Waals surface area contributed by atoms with E-state index in [0.29, 0.717) is 23.5 Å². The summed E-state index contributed by atoms with van der Waals surface area (Å²) in [7, 11) is 1.62. The van der Waals surface area contributed by atoms with Crippen molar-refractivity contribution in [1.82, 2.24) is 10.6 Å². The number of benzene rings is 2. The summed E-state index contributed by atoms with van der Waals surface area (Å²) in [5.41, 5.74) is 1.83. The van der Waals surface area contributed by atoms with Crippen LogP contribution in [0.25, 0.3) is 0 Å². The number of carbonyl (C=O) groups is 2. The van der Waals surface area contributed by atoms with Gasteiger partial charge in [0.15, 0.2) is 0 Å². The third-order valence-electron chi connectivity index (χ3n) is 4.80. The smallest absolute Gasteiger partial charge is 0.316 e. The average molecular weight is 429 g/mol. The van der Waals surface area contributed by atoms with Crippen LogP contribution in [0.15, 0.2) is 53.5 Å². The van der Waals surface area contributed by atoms with Crippen LogP contribution in [0, 0.1) is 5.82 Å². The van der Waals surface area contributed by atoms with Crippen LogP contribution in [-0.2, 0) is 4.79 Å². The molecule has 1 atom stereocenters. The molecule has 0 fully saturated rings. The zero-order valence-electron chi connectivity index (χ0n) is 17.0. The maximum absolute atomic E-state index is 14.6. The fraction of sp³-hybridized carbons (Fsp3) is 0.318. The largest absolute Gasteiger partial charge is 0.338 e. The lowest BCUT2D eigenvalue weighted by atomic mass is 10.00. The van der Waals surface area contributed by atoms with Gasteiger partial charge in [-0.2, -0.15) is 11.8 Å². The molecular weight excluding hydrogens is 403 g/mol. The molecule has 2 N–H and O–H groups in total. The Hall–Kier alpha value is -2.87. The Morgan fingerprint density at radius 1 is 1.13 bits per heavy atom. The molecule has 1 aliphatic heterocycles. The summed E-state index contributed by atoms with van der Waals surface area (Å²) in [6.45, 7) is 0.507. The van der Waals surface area contributed by atoms with Crippen LogP contribution in [0.1, 0.15) is 24.0 Å². The molecule has 8 heteroatoms. The molecule has 30 heavy (non-hydrogen) atoms. The van der Waals surface area contributed by atoms with Gasteiger partial charge in [-0.25, -0.2) is 14.2 Å². The number of nitrogens with one attached hydrogen (secondary N) is 2. The highest BCUT2D eigenvalue weighted by Gasteiger charge is 2.31. The number of hydrogen-bond donors (Lipinski definition) is 2. The van der Waals surface area contributed by atoms with E-state index < -0.39 is 23.9 Å². The molecule has 0 spiro atoms. The number of para-hydroxylation sites is 1. The molecule has 2 aromatic rings. The standard InChI is InChI=1S/C22H25FN4O2S/c1-27-18-12-6-4-10-16(18)19(15-9-3-5-11-17(15)23)25-20(21(27)28)26-22(29)24-13-7-8-14-30-2/h3-6,9-12,20H,7-8,13-14H2,1-2H3,(H2,24,26,29). The number of carbonyl (C=O) groups excluding carboxylic acids is 2. The van der Waals surface area contributed by atoms with Crippen molar-refractivity contribution < 1.29 is 14.0 Å². The zero-order chi connectivity index (χ0) is 21.5.